The number of aryl methyl sites for hydroxylation is 2. The summed E-state index contributed by atoms with van der Waals surface area (Å²) in [6.07, 6.45) is 4.92. The van der Waals surface area contributed by atoms with Crippen LogP contribution in [0.5, 0.6) is 0 Å². The van der Waals surface area contributed by atoms with Gasteiger partial charge in [-0.2, -0.15) is 9.78 Å². The second-order valence-electron chi connectivity index (χ2n) is 2.29. The molecule has 0 radical (unpaired) electrons. The van der Waals surface area contributed by atoms with Crippen LogP contribution in [0.1, 0.15) is 16.2 Å². The topological polar surface area (TPSA) is 34.9 Å². The normalized spacial score (nSPS) is 9.18. The molecule has 0 aromatic carbocycles. The van der Waals surface area contributed by atoms with Gasteiger partial charge in [-0.1, -0.05) is 0 Å². The molecule has 0 N–H and O–H groups in total. The van der Waals surface area contributed by atoms with Crippen molar-refractivity contribution < 1.29 is 4.79 Å². The van der Waals surface area contributed by atoms with E-state index in [4.69, 9.17) is 6.42 Å². The van der Waals surface area contributed by atoms with Crippen molar-refractivity contribution in [1.82, 2.24) is 9.78 Å². The summed E-state index contributed by atoms with van der Waals surface area (Å²) in [5.74, 6) is 1.58. The van der Waals surface area contributed by atoms with Gasteiger partial charge in [0.15, 0.2) is 0 Å². The number of terminal acetylenes is 1. The van der Waals surface area contributed by atoms with Crippen LogP contribution in [0.15, 0.2) is 6.07 Å². The average Bonchev–Trinajstić information content (AvgIpc) is 2.28. The summed E-state index contributed by atoms with van der Waals surface area (Å²) in [5.41, 5.74) is 1.57. The molecule has 0 aliphatic carbocycles. The second kappa shape index (κ2) is 2.59. The van der Waals surface area contributed by atoms with Crippen LogP contribution in [0.3, 0.4) is 0 Å². The molecule has 0 aliphatic heterocycles. The molecule has 1 rings (SSSR count). The van der Waals surface area contributed by atoms with E-state index in [2.05, 4.69) is 5.10 Å². The monoisotopic (exact) mass is 148 g/mol. The van der Waals surface area contributed by atoms with Crippen molar-refractivity contribution in [1.29, 1.82) is 0 Å². The van der Waals surface area contributed by atoms with Gasteiger partial charge in [-0.3, -0.25) is 4.79 Å². The van der Waals surface area contributed by atoms with Gasteiger partial charge in [0.25, 0.3) is 0 Å². The Morgan fingerprint density at radius 2 is 2.36 bits per heavy atom. The zero-order valence-corrected chi connectivity index (χ0v) is 6.46. The lowest BCUT2D eigenvalue weighted by Crippen LogP contribution is -2.10. The van der Waals surface area contributed by atoms with E-state index in [-0.39, 0.29) is 0 Å². The third-order valence-corrected chi connectivity index (χ3v) is 1.33. The molecule has 3 nitrogen and oxygen atoms in total. The van der Waals surface area contributed by atoms with Gasteiger partial charge in [0, 0.05) is 5.69 Å². The lowest BCUT2D eigenvalue weighted by molar-refractivity contribution is 0.0962. The van der Waals surface area contributed by atoms with E-state index in [1.54, 1.807) is 13.0 Å². The molecule has 0 unspecified atom stereocenters. The Morgan fingerprint density at radius 3 is 2.73 bits per heavy atom. The van der Waals surface area contributed by atoms with Crippen molar-refractivity contribution in [3.63, 3.8) is 0 Å². The van der Waals surface area contributed by atoms with E-state index < -0.39 is 5.91 Å². The maximum atomic E-state index is 10.9. The van der Waals surface area contributed by atoms with Crippen molar-refractivity contribution in [2.75, 3.05) is 0 Å². The van der Waals surface area contributed by atoms with Crippen molar-refractivity contribution >= 4 is 5.91 Å². The van der Waals surface area contributed by atoms with Gasteiger partial charge in [0.2, 0.25) is 0 Å². The van der Waals surface area contributed by atoms with Crippen LogP contribution >= 0.6 is 0 Å². The number of hydrogen-bond acceptors (Lipinski definition) is 2. The maximum Gasteiger partial charge on any atom is 0.322 e. The fourth-order valence-corrected chi connectivity index (χ4v) is 0.896. The van der Waals surface area contributed by atoms with Crippen molar-refractivity contribution in [2.24, 2.45) is 0 Å². The van der Waals surface area contributed by atoms with Gasteiger partial charge in [-0.15, -0.1) is 6.42 Å². The minimum Gasteiger partial charge on any atom is -0.257 e. The SMILES string of the molecule is C#CC(=O)n1nc(C)cc1C. The third kappa shape index (κ3) is 1.30. The van der Waals surface area contributed by atoms with Crippen LogP contribution < -0.4 is 0 Å². The summed E-state index contributed by atoms with van der Waals surface area (Å²) in [6.45, 7) is 3.60. The molecular formula is C8H8N2O. The first-order chi connectivity index (χ1) is 5.15. The van der Waals surface area contributed by atoms with Gasteiger partial charge in [-0.05, 0) is 25.8 Å². The van der Waals surface area contributed by atoms with E-state index in [0.717, 1.165) is 11.4 Å². The zero-order valence-electron chi connectivity index (χ0n) is 6.46. The van der Waals surface area contributed by atoms with Gasteiger partial charge >= 0.3 is 5.91 Å². The number of hydrogen-bond donors (Lipinski definition) is 0. The van der Waals surface area contributed by atoms with E-state index in [0.29, 0.717) is 0 Å². The maximum absolute atomic E-state index is 10.9. The Bertz CT molecular complexity index is 330. The molecule has 0 saturated heterocycles. The highest BCUT2D eigenvalue weighted by Gasteiger charge is 2.05. The van der Waals surface area contributed by atoms with Crippen LogP contribution in [0.25, 0.3) is 0 Å². The van der Waals surface area contributed by atoms with E-state index in [1.165, 1.54) is 4.68 Å². The van der Waals surface area contributed by atoms with Crippen LogP contribution in [0.2, 0.25) is 0 Å². The van der Waals surface area contributed by atoms with E-state index in [9.17, 15) is 4.79 Å². The molecule has 11 heavy (non-hydrogen) atoms. The standard InChI is InChI=1S/C8H8N2O/c1-4-8(11)10-7(3)5-6(2)9-10/h1,5H,2-3H3. The second-order valence-corrected chi connectivity index (χ2v) is 2.29. The highest BCUT2D eigenvalue weighted by atomic mass is 16.2. The molecule has 0 spiro atoms. The van der Waals surface area contributed by atoms with Crippen molar-refractivity contribution in [3.05, 3.63) is 17.5 Å². The van der Waals surface area contributed by atoms with Crippen molar-refractivity contribution in [2.45, 2.75) is 13.8 Å². The summed E-state index contributed by atoms with van der Waals surface area (Å²) >= 11 is 0. The van der Waals surface area contributed by atoms with E-state index in [1.807, 2.05) is 12.8 Å². The van der Waals surface area contributed by atoms with Crippen LogP contribution in [0, 0.1) is 26.2 Å². The number of nitrogens with zero attached hydrogens (tertiary/aromatic N) is 2. The summed E-state index contributed by atoms with van der Waals surface area (Å²) in [5, 5.41) is 3.91. The molecule has 1 aromatic heterocycles. The summed E-state index contributed by atoms with van der Waals surface area (Å²) in [6, 6.07) is 1.80. The predicted molar refractivity (Wildman–Crippen MR) is 41.2 cm³/mol. The summed E-state index contributed by atoms with van der Waals surface area (Å²) < 4.78 is 1.22. The molecule has 1 aromatic rings. The molecule has 0 bridgehead atoms. The quantitative estimate of drug-likeness (QED) is 0.509. The zero-order chi connectivity index (χ0) is 8.43. The Morgan fingerprint density at radius 1 is 1.73 bits per heavy atom. The molecule has 0 aliphatic rings. The molecule has 56 valence electrons. The van der Waals surface area contributed by atoms with Crippen LogP contribution in [0.4, 0.5) is 0 Å². The smallest absolute Gasteiger partial charge is 0.257 e. The first kappa shape index (κ1) is 7.55. The summed E-state index contributed by atoms with van der Waals surface area (Å²) in [7, 11) is 0. The minimum absolute atomic E-state index is 0.421. The Hall–Kier alpha value is -1.56. The highest BCUT2D eigenvalue weighted by Crippen LogP contribution is 2.00. The number of aromatic nitrogens is 2. The first-order valence-corrected chi connectivity index (χ1v) is 3.19. The average molecular weight is 148 g/mol. The fourth-order valence-electron chi connectivity index (χ4n) is 0.896. The lowest BCUT2D eigenvalue weighted by atomic mass is 10.4. The van der Waals surface area contributed by atoms with Gasteiger partial charge < -0.3 is 0 Å². The van der Waals surface area contributed by atoms with Gasteiger partial charge in [0.05, 0.1) is 5.69 Å². The molecule has 1 heterocycles. The third-order valence-electron chi connectivity index (χ3n) is 1.33. The van der Waals surface area contributed by atoms with Gasteiger partial charge in [0.1, 0.15) is 0 Å². The highest BCUT2D eigenvalue weighted by molar-refractivity contribution is 5.94. The molecule has 0 fully saturated rings. The van der Waals surface area contributed by atoms with Crippen molar-refractivity contribution in [3.8, 4) is 12.3 Å². The largest absolute Gasteiger partial charge is 0.322 e. The molecule has 0 atom stereocenters. The Balaban J connectivity index is 3.15. The summed E-state index contributed by atoms with van der Waals surface area (Å²) in [4.78, 5) is 10.9. The minimum atomic E-state index is -0.421. The van der Waals surface area contributed by atoms with Gasteiger partial charge in [-0.25, -0.2) is 0 Å². The fraction of sp³-hybridized carbons (Fsp3) is 0.250. The molecule has 3 heteroatoms. The molecule has 0 saturated carbocycles. The number of carbonyl (C=O) groups excluding carboxylic acids is 1. The molecular weight excluding hydrogens is 140 g/mol. The Kier molecular flexibility index (Phi) is 1.77. The lowest BCUT2D eigenvalue weighted by Gasteiger charge is -1.93. The number of rotatable bonds is 0. The number of carbonyl (C=O) groups is 1. The molecule has 0 amide bonds. The van der Waals surface area contributed by atoms with Crippen LogP contribution in [-0.4, -0.2) is 15.7 Å². The van der Waals surface area contributed by atoms with E-state index >= 15 is 0 Å². The first-order valence-electron chi connectivity index (χ1n) is 3.19. The predicted octanol–water partition coefficient (Wildman–Crippen LogP) is 0.773. The Labute approximate surface area is 65.0 Å². The van der Waals surface area contributed by atoms with Crippen LogP contribution in [-0.2, 0) is 0 Å².